The van der Waals surface area contributed by atoms with Gasteiger partial charge in [-0.15, -0.1) is 0 Å². The monoisotopic (exact) mass is 611 g/mol. The molecule has 44 heavy (non-hydrogen) atoms. The zero-order valence-corrected chi connectivity index (χ0v) is 23.8. The number of hydrogen-bond donors (Lipinski definition) is 1. The molecule has 0 fully saturated rings. The Morgan fingerprint density at radius 2 is 1.86 bits per heavy atom. The molecule has 230 valence electrons. The maximum Gasteiger partial charge on any atom is 0.422 e. The number of alkyl halides is 3. The minimum atomic E-state index is -4.44. The second-order valence-electron chi connectivity index (χ2n) is 9.71. The van der Waals surface area contributed by atoms with Crippen molar-refractivity contribution in [1.82, 2.24) is 19.5 Å². The molecule has 0 spiro atoms. The van der Waals surface area contributed by atoms with Gasteiger partial charge in [0.05, 0.1) is 23.3 Å². The molecule has 2 aromatic carbocycles. The van der Waals surface area contributed by atoms with E-state index in [2.05, 4.69) is 20.3 Å². The number of benzene rings is 2. The summed E-state index contributed by atoms with van der Waals surface area (Å²) in [6, 6.07) is 11.8. The van der Waals surface area contributed by atoms with Crippen LogP contribution in [0, 0.1) is 6.92 Å². The first-order valence-electron chi connectivity index (χ1n) is 13.7. The topological polar surface area (TPSA) is 131 Å². The summed E-state index contributed by atoms with van der Waals surface area (Å²) < 4.78 is 60.2. The third kappa shape index (κ3) is 7.25. The Kier molecular flexibility index (Phi) is 8.97. The molecule has 0 aliphatic carbocycles. The molecule has 0 atom stereocenters. The highest BCUT2D eigenvalue weighted by Crippen LogP contribution is 2.29. The van der Waals surface area contributed by atoms with Gasteiger partial charge in [0, 0.05) is 41.9 Å². The molecule has 14 heteroatoms. The highest BCUT2D eigenvalue weighted by molar-refractivity contribution is 5.98. The van der Waals surface area contributed by atoms with E-state index in [4.69, 9.17) is 18.6 Å². The number of aromatic nitrogens is 4. The van der Waals surface area contributed by atoms with Gasteiger partial charge < -0.3 is 23.9 Å². The summed E-state index contributed by atoms with van der Waals surface area (Å²) in [7, 11) is 0. The number of esters is 1. The van der Waals surface area contributed by atoms with Gasteiger partial charge in [-0.1, -0.05) is 0 Å². The molecule has 11 nitrogen and oxygen atoms in total. The highest BCUT2D eigenvalue weighted by atomic mass is 19.4. The number of pyridine rings is 1. The van der Waals surface area contributed by atoms with E-state index in [1.807, 2.05) is 0 Å². The standard InChI is InChI=1S/C30H28F3N5O6/c1-3-41-27(39)5-4-12-38-24-13-21-22(14-26(24)44-29(38)40)35-17-36-28(21)37-19-6-8-20(9-7-19)42-15-23-18(2)25(10-11-34-23)43-16-30(31,32)33/h6-11,13-14,17H,3-5,12,15-16H2,1-2H3,(H,35,36,37). The number of ether oxygens (including phenoxy) is 3. The number of rotatable bonds is 12. The van der Waals surface area contributed by atoms with E-state index >= 15 is 0 Å². The summed E-state index contributed by atoms with van der Waals surface area (Å²) in [6.45, 7) is 2.56. The Morgan fingerprint density at radius 1 is 1.07 bits per heavy atom. The number of oxazole rings is 1. The average Bonchev–Trinajstić information content (AvgIpc) is 3.29. The molecular formula is C30H28F3N5O6. The molecule has 0 aliphatic rings. The molecule has 3 aromatic heterocycles. The summed E-state index contributed by atoms with van der Waals surface area (Å²) in [4.78, 5) is 37.1. The Balaban J connectivity index is 1.28. The van der Waals surface area contributed by atoms with Crippen LogP contribution >= 0.6 is 0 Å². The number of halogens is 3. The van der Waals surface area contributed by atoms with Crippen molar-refractivity contribution in [3.8, 4) is 11.5 Å². The van der Waals surface area contributed by atoms with E-state index < -0.39 is 18.5 Å². The van der Waals surface area contributed by atoms with Gasteiger partial charge in [-0.2, -0.15) is 13.2 Å². The summed E-state index contributed by atoms with van der Waals surface area (Å²) in [6.07, 6.45) is -1.10. The van der Waals surface area contributed by atoms with Crippen molar-refractivity contribution >= 4 is 39.5 Å². The van der Waals surface area contributed by atoms with Crippen LogP contribution in [0.3, 0.4) is 0 Å². The van der Waals surface area contributed by atoms with Crippen molar-refractivity contribution in [2.24, 2.45) is 0 Å². The number of aryl methyl sites for hydroxylation is 1. The van der Waals surface area contributed by atoms with E-state index in [0.29, 0.717) is 63.5 Å². The lowest BCUT2D eigenvalue weighted by Gasteiger charge is -2.14. The molecular weight excluding hydrogens is 583 g/mol. The van der Waals surface area contributed by atoms with Crippen molar-refractivity contribution in [2.45, 2.75) is 46.0 Å². The maximum absolute atomic E-state index is 12.5. The van der Waals surface area contributed by atoms with Crippen LogP contribution in [0.15, 0.2) is 64.2 Å². The summed E-state index contributed by atoms with van der Waals surface area (Å²) in [5, 5.41) is 3.89. The molecule has 0 saturated carbocycles. The zero-order valence-electron chi connectivity index (χ0n) is 23.8. The predicted octanol–water partition coefficient (Wildman–Crippen LogP) is 5.85. The van der Waals surface area contributed by atoms with Crippen molar-refractivity contribution in [3.05, 3.63) is 76.8 Å². The summed E-state index contributed by atoms with van der Waals surface area (Å²) in [5.74, 6) is 0.230. The van der Waals surface area contributed by atoms with Crippen LogP contribution in [-0.4, -0.2) is 44.9 Å². The van der Waals surface area contributed by atoms with Crippen molar-refractivity contribution in [2.75, 3.05) is 18.5 Å². The van der Waals surface area contributed by atoms with Crippen LogP contribution < -0.4 is 20.5 Å². The molecule has 0 unspecified atom stereocenters. The number of anilines is 2. The normalized spacial score (nSPS) is 11.6. The van der Waals surface area contributed by atoms with Crippen LogP contribution in [0.5, 0.6) is 11.5 Å². The third-order valence-electron chi connectivity index (χ3n) is 6.64. The third-order valence-corrected chi connectivity index (χ3v) is 6.64. The van der Waals surface area contributed by atoms with Crippen LogP contribution in [0.1, 0.15) is 31.0 Å². The van der Waals surface area contributed by atoms with E-state index in [9.17, 15) is 22.8 Å². The lowest BCUT2D eigenvalue weighted by Crippen LogP contribution is -2.19. The fourth-order valence-corrected chi connectivity index (χ4v) is 4.48. The second kappa shape index (κ2) is 13.0. The number of nitrogens with zero attached hydrogens (tertiary/aromatic N) is 4. The fraction of sp³-hybridized carbons (Fsp3) is 0.300. The summed E-state index contributed by atoms with van der Waals surface area (Å²) in [5.41, 5.74) is 3.07. The van der Waals surface area contributed by atoms with Crippen LogP contribution in [0.25, 0.3) is 22.0 Å². The van der Waals surface area contributed by atoms with Crippen LogP contribution in [0.2, 0.25) is 0 Å². The van der Waals surface area contributed by atoms with Crippen molar-refractivity contribution in [1.29, 1.82) is 0 Å². The molecule has 0 radical (unpaired) electrons. The molecule has 5 aromatic rings. The first kappa shape index (κ1) is 30.3. The fourth-order valence-electron chi connectivity index (χ4n) is 4.48. The minimum absolute atomic E-state index is 0.0283. The van der Waals surface area contributed by atoms with Gasteiger partial charge in [-0.05, 0) is 56.7 Å². The van der Waals surface area contributed by atoms with Gasteiger partial charge in [0.25, 0.3) is 0 Å². The van der Waals surface area contributed by atoms with E-state index in [0.717, 1.165) is 0 Å². The Hall–Kier alpha value is -5.14. The van der Waals surface area contributed by atoms with Gasteiger partial charge in [0.2, 0.25) is 0 Å². The van der Waals surface area contributed by atoms with Crippen LogP contribution in [-0.2, 0) is 22.7 Å². The largest absolute Gasteiger partial charge is 0.487 e. The van der Waals surface area contributed by atoms with Gasteiger partial charge in [0.15, 0.2) is 12.2 Å². The van der Waals surface area contributed by atoms with E-state index in [1.54, 1.807) is 50.2 Å². The van der Waals surface area contributed by atoms with Crippen molar-refractivity contribution < 1.29 is 36.6 Å². The first-order valence-corrected chi connectivity index (χ1v) is 13.7. The van der Waals surface area contributed by atoms with E-state index in [-0.39, 0.29) is 31.3 Å². The smallest absolute Gasteiger partial charge is 0.422 e. The Morgan fingerprint density at radius 3 is 2.61 bits per heavy atom. The van der Waals surface area contributed by atoms with Gasteiger partial charge in [-0.25, -0.2) is 14.8 Å². The number of carbonyl (C=O) groups is 1. The molecule has 0 bridgehead atoms. The van der Waals surface area contributed by atoms with Gasteiger partial charge >= 0.3 is 17.9 Å². The SMILES string of the molecule is CCOC(=O)CCCn1c(=O)oc2cc3ncnc(Nc4ccc(OCc5nccc(OCC(F)(F)F)c5C)cc4)c3cc21. The molecule has 0 amide bonds. The minimum Gasteiger partial charge on any atom is -0.487 e. The maximum atomic E-state index is 12.5. The second-order valence-corrected chi connectivity index (χ2v) is 9.71. The Labute approximate surface area is 248 Å². The molecule has 0 saturated heterocycles. The lowest BCUT2D eigenvalue weighted by atomic mass is 10.2. The number of carbonyl (C=O) groups excluding carboxylic acids is 1. The molecule has 5 rings (SSSR count). The summed E-state index contributed by atoms with van der Waals surface area (Å²) >= 11 is 0. The van der Waals surface area contributed by atoms with Gasteiger partial charge in [0.1, 0.15) is 30.3 Å². The molecule has 0 aliphatic heterocycles. The number of hydrogen-bond acceptors (Lipinski definition) is 10. The zero-order chi connectivity index (χ0) is 31.3. The quantitative estimate of drug-likeness (QED) is 0.172. The average molecular weight is 612 g/mol. The first-order chi connectivity index (χ1) is 21.1. The van der Waals surface area contributed by atoms with Gasteiger partial charge in [-0.3, -0.25) is 14.3 Å². The van der Waals surface area contributed by atoms with E-state index in [1.165, 1.54) is 23.2 Å². The molecule has 3 heterocycles. The Bertz CT molecular complexity index is 1840. The number of nitrogens with one attached hydrogen (secondary N) is 1. The van der Waals surface area contributed by atoms with Crippen molar-refractivity contribution in [3.63, 3.8) is 0 Å². The predicted molar refractivity (Wildman–Crippen MR) is 154 cm³/mol. The number of fused-ring (bicyclic) bond motifs is 2. The lowest BCUT2D eigenvalue weighted by molar-refractivity contribution is -0.153. The highest BCUT2D eigenvalue weighted by Gasteiger charge is 2.29. The van der Waals surface area contributed by atoms with Crippen LogP contribution in [0.4, 0.5) is 24.7 Å². The molecule has 1 N–H and O–H groups in total.